The molecule has 0 atom stereocenters. The van der Waals surface area contributed by atoms with Gasteiger partial charge in [-0.2, -0.15) is 0 Å². The highest BCUT2D eigenvalue weighted by Crippen LogP contribution is 2.21. The van der Waals surface area contributed by atoms with E-state index in [9.17, 15) is 0 Å². The smallest absolute Gasteiger partial charge is 0.191 e. The molecule has 0 aliphatic heterocycles. The molecule has 2 aromatic carbocycles. The first-order valence-electron chi connectivity index (χ1n) is 7.87. The van der Waals surface area contributed by atoms with Gasteiger partial charge in [0.15, 0.2) is 5.96 Å². The molecule has 0 radical (unpaired) electrons. The van der Waals surface area contributed by atoms with Crippen LogP contribution < -0.4 is 15.4 Å². The quantitative estimate of drug-likeness (QED) is 0.287. The zero-order valence-corrected chi connectivity index (χ0v) is 18.3. The molecule has 0 spiro atoms. The molecule has 0 unspecified atom stereocenters. The molecule has 4 nitrogen and oxygen atoms in total. The van der Waals surface area contributed by atoms with Crippen molar-refractivity contribution in [1.82, 2.24) is 10.6 Å². The summed E-state index contributed by atoms with van der Waals surface area (Å²) in [7, 11) is 3.46. The number of nitrogens with zero attached hydrogens (tertiary/aromatic N) is 1. The van der Waals surface area contributed by atoms with Crippen LogP contribution in [0.5, 0.6) is 5.75 Å². The highest BCUT2D eigenvalue weighted by molar-refractivity contribution is 14.0. The van der Waals surface area contributed by atoms with Gasteiger partial charge in [0.25, 0.3) is 0 Å². The predicted molar refractivity (Wildman–Crippen MR) is 118 cm³/mol. The molecule has 0 heterocycles. The zero-order chi connectivity index (χ0) is 17.4. The number of hydrogen-bond acceptors (Lipinski definition) is 3. The van der Waals surface area contributed by atoms with Crippen LogP contribution in [0.4, 0.5) is 0 Å². The summed E-state index contributed by atoms with van der Waals surface area (Å²) in [5.41, 5.74) is 3.71. The van der Waals surface area contributed by atoms with E-state index in [0.29, 0.717) is 6.54 Å². The van der Waals surface area contributed by atoms with Crippen molar-refractivity contribution in [3.63, 3.8) is 0 Å². The van der Waals surface area contributed by atoms with Gasteiger partial charge >= 0.3 is 0 Å². The highest BCUT2D eigenvalue weighted by Gasteiger charge is 2.04. The predicted octanol–water partition coefficient (Wildman–Crippen LogP) is 4.21. The van der Waals surface area contributed by atoms with Gasteiger partial charge < -0.3 is 15.4 Å². The maximum atomic E-state index is 5.25. The van der Waals surface area contributed by atoms with Crippen LogP contribution in [-0.4, -0.2) is 26.4 Å². The van der Waals surface area contributed by atoms with E-state index >= 15 is 0 Å². The van der Waals surface area contributed by atoms with Gasteiger partial charge in [0, 0.05) is 25.0 Å². The Kier molecular flexibility index (Phi) is 9.74. The molecule has 2 N–H and O–H groups in total. The van der Waals surface area contributed by atoms with E-state index in [1.165, 1.54) is 16.0 Å². The van der Waals surface area contributed by atoms with E-state index in [0.717, 1.165) is 23.8 Å². The van der Waals surface area contributed by atoms with Crippen LogP contribution in [0.3, 0.4) is 0 Å². The van der Waals surface area contributed by atoms with Gasteiger partial charge in [0.1, 0.15) is 5.75 Å². The average Bonchev–Trinajstić information content (AvgIpc) is 2.62. The lowest BCUT2D eigenvalue weighted by Gasteiger charge is -2.14. The SMILES string of the molecule is CN=C(NCc1cccc(OC)c1)NCc1ccc(C)cc1SC.I. The number of guanidine groups is 1. The molecule has 136 valence electrons. The molecule has 2 aromatic rings. The lowest BCUT2D eigenvalue weighted by molar-refractivity contribution is 0.414. The number of ether oxygens (including phenoxy) is 1. The van der Waals surface area contributed by atoms with Crippen LogP contribution >= 0.6 is 35.7 Å². The molecular formula is C19H26IN3OS. The third kappa shape index (κ3) is 6.78. The Balaban J connectivity index is 0.00000312. The maximum absolute atomic E-state index is 5.25. The van der Waals surface area contributed by atoms with Gasteiger partial charge in [0.05, 0.1) is 7.11 Å². The standard InChI is InChI=1S/C19H25N3OS.HI/c1-14-8-9-16(18(10-14)24-4)13-22-19(20-2)21-12-15-6-5-7-17(11-15)23-3;/h5-11H,12-13H2,1-4H3,(H2,20,21,22);1H. The van der Waals surface area contributed by atoms with Crippen molar-refractivity contribution < 1.29 is 4.74 Å². The van der Waals surface area contributed by atoms with Crippen LogP contribution in [0.15, 0.2) is 52.4 Å². The Hall–Kier alpha value is -1.41. The van der Waals surface area contributed by atoms with Crippen LogP contribution in [0, 0.1) is 6.92 Å². The van der Waals surface area contributed by atoms with Crippen molar-refractivity contribution >= 4 is 41.7 Å². The second kappa shape index (κ2) is 11.3. The van der Waals surface area contributed by atoms with Crippen molar-refractivity contribution in [2.75, 3.05) is 20.4 Å². The molecule has 0 aliphatic rings. The molecule has 0 aliphatic carbocycles. The molecule has 0 saturated heterocycles. The Morgan fingerprint density at radius 2 is 1.88 bits per heavy atom. The van der Waals surface area contributed by atoms with Gasteiger partial charge in [-0.15, -0.1) is 35.7 Å². The second-order valence-corrected chi connectivity index (χ2v) is 6.29. The molecule has 0 bridgehead atoms. The molecule has 0 saturated carbocycles. The molecule has 0 amide bonds. The van der Waals surface area contributed by atoms with Crippen molar-refractivity contribution in [2.45, 2.75) is 24.9 Å². The fraction of sp³-hybridized carbons (Fsp3) is 0.316. The Morgan fingerprint density at radius 3 is 2.56 bits per heavy atom. The van der Waals surface area contributed by atoms with Crippen LogP contribution in [0.1, 0.15) is 16.7 Å². The molecule has 6 heteroatoms. The van der Waals surface area contributed by atoms with Crippen LogP contribution in [0.25, 0.3) is 0 Å². The lowest BCUT2D eigenvalue weighted by Crippen LogP contribution is -2.36. The summed E-state index contributed by atoms with van der Waals surface area (Å²) in [6.07, 6.45) is 2.11. The first-order chi connectivity index (χ1) is 11.7. The monoisotopic (exact) mass is 471 g/mol. The molecule has 0 fully saturated rings. The number of thioether (sulfide) groups is 1. The number of halogens is 1. The molecule has 0 aromatic heterocycles. The summed E-state index contributed by atoms with van der Waals surface area (Å²) in [5, 5.41) is 6.71. The number of benzene rings is 2. The summed E-state index contributed by atoms with van der Waals surface area (Å²) in [4.78, 5) is 5.59. The van der Waals surface area contributed by atoms with E-state index in [1.54, 1.807) is 25.9 Å². The van der Waals surface area contributed by atoms with Gasteiger partial charge in [0.2, 0.25) is 0 Å². The van der Waals surface area contributed by atoms with E-state index < -0.39 is 0 Å². The summed E-state index contributed by atoms with van der Waals surface area (Å²) in [5.74, 6) is 1.65. The largest absolute Gasteiger partial charge is 0.497 e. The Bertz CT molecular complexity index is 707. The molecule has 25 heavy (non-hydrogen) atoms. The summed E-state index contributed by atoms with van der Waals surface area (Å²) in [6.45, 7) is 3.56. The number of rotatable bonds is 6. The van der Waals surface area contributed by atoms with Gasteiger partial charge in [-0.25, -0.2) is 0 Å². The zero-order valence-electron chi connectivity index (χ0n) is 15.1. The summed E-state index contributed by atoms with van der Waals surface area (Å²) < 4.78 is 5.25. The topological polar surface area (TPSA) is 45.7 Å². The molecule has 2 rings (SSSR count). The second-order valence-electron chi connectivity index (χ2n) is 5.45. The number of aliphatic imine (C=N–C) groups is 1. The first-order valence-corrected chi connectivity index (χ1v) is 9.09. The Labute approximate surface area is 171 Å². The summed E-state index contributed by atoms with van der Waals surface area (Å²) in [6, 6.07) is 14.5. The minimum Gasteiger partial charge on any atom is -0.497 e. The van der Waals surface area contributed by atoms with E-state index in [2.05, 4.69) is 53.1 Å². The number of nitrogens with one attached hydrogen (secondary N) is 2. The fourth-order valence-electron chi connectivity index (χ4n) is 2.37. The normalized spacial score (nSPS) is 10.8. The van der Waals surface area contributed by atoms with Crippen LogP contribution in [-0.2, 0) is 13.1 Å². The van der Waals surface area contributed by atoms with Crippen molar-refractivity contribution in [3.05, 3.63) is 59.2 Å². The van der Waals surface area contributed by atoms with Crippen molar-refractivity contribution in [1.29, 1.82) is 0 Å². The minimum atomic E-state index is 0. The maximum Gasteiger partial charge on any atom is 0.191 e. The number of aryl methyl sites for hydroxylation is 1. The summed E-state index contributed by atoms with van der Waals surface area (Å²) >= 11 is 1.77. The first kappa shape index (κ1) is 21.6. The highest BCUT2D eigenvalue weighted by atomic mass is 127. The van der Waals surface area contributed by atoms with Gasteiger partial charge in [-0.3, -0.25) is 4.99 Å². The van der Waals surface area contributed by atoms with Gasteiger partial charge in [-0.05, 0) is 48.1 Å². The minimum absolute atomic E-state index is 0. The lowest BCUT2D eigenvalue weighted by atomic mass is 10.1. The molecular weight excluding hydrogens is 445 g/mol. The third-order valence-corrected chi connectivity index (χ3v) is 4.53. The van der Waals surface area contributed by atoms with Crippen molar-refractivity contribution in [3.8, 4) is 5.75 Å². The van der Waals surface area contributed by atoms with Gasteiger partial charge in [-0.1, -0.05) is 24.3 Å². The van der Waals surface area contributed by atoms with E-state index in [4.69, 9.17) is 4.74 Å². The van der Waals surface area contributed by atoms with E-state index in [1.807, 2.05) is 18.2 Å². The third-order valence-electron chi connectivity index (χ3n) is 3.71. The average molecular weight is 471 g/mol. The fourth-order valence-corrected chi connectivity index (χ4v) is 3.07. The van der Waals surface area contributed by atoms with Crippen molar-refractivity contribution in [2.24, 2.45) is 4.99 Å². The Morgan fingerprint density at radius 1 is 1.12 bits per heavy atom. The number of methoxy groups -OCH3 is 1. The number of hydrogen-bond donors (Lipinski definition) is 2. The van der Waals surface area contributed by atoms with E-state index in [-0.39, 0.29) is 24.0 Å². The van der Waals surface area contributed by atoms with Crippen LogP contribution in [0.2, 0.25) is 0 Å².